The number of fused-ring (bicyclic) bond motifs is 2. The topological polar surface area (TPSA) is 168 Å². The predicted octanol–water partition coefficient (Wildman–Crippen LogP) is 3.62. The lowest BCUT2D eigenvalue weighted by Gasteiger charge is -2.31. The van der Waals surface area contributed by atoms with Crippen LogP contribution in [0.5, 0.6) is 0 Å². The highest BCUT2D eigenvalue weighted by Crippen LogP contribution is 2.45. The summed E-state index contributed by atoms with van der Waals surface area (Å²) >= 11 is 0. The standard InChI is InChI=1S/C35H40N4O7S/c1-34(2)23-12-6-8-14-25(23)37-28(34)18-21-31(38-26(20-47(44,45)46)33(43)36-17-11-10-16-30(40)41)22(32(21)42)19-29-35(3,4)24-13-7-9-15-27(24)39(29)5/h6-9,12-15,18-19,26H,10-11,16-17,20H2,1-5H3,(H4,36,38,40,41,42,43,44,45,46). The van der Waals surface area contributed by atoms with Gasteiger partial charge in [-0.05, 0) is 44.4 Å². The molecule has 1 amide bonds. The molecule has 0 saturated heterocycles. The second-order valence-electron chi connectivity index (χ2n) is 13.2. The van der Waals surface area contributed by atoms with Gasteiger partial charge < -0.3 is 25.6 Å². The van der Waals surface area contributed by atoms with E-state index in [2.05, 4.69) is 29.8 Å². The molecule has 47 heavy (non-hydrogen) atoms. The van der Waals surface area contributed by atoms with Crippen molar-refractivity contribution in [2.45, 2.75) is 63.8 Å². The number of Topliss-reactive ketones (excluding diaryl/α,β-unsaturated/α-hetero) is 1. The SMILES string of the molecule is C[N+]1=C(/C=C2\C(=O)C(/C=C3/Nc4ccccc4C3(C)C)=C2NC(CS(=O)(=O)[O-])C(=O)NCCCCC(=O)O)C(C)(C)c2ccccc21. The fourth-order valence-electron chi connectivity index (χ4n) is 6.52. The van der Waals surface area contributed by atoms with Crippen molar-refractivity contribution in [1.29, 1.82) is 0 Å². The van der Waals surface area contributed by atoms with Crippen molar-refractivity contribution in [1.82, 2.24) is 10.6 Å². The number of carboxylic acids is 1. The molecule has 0 radical (unpaired) electrons. The summed E-state index contributed by atoms with van der Waals surface area (Å²) in [4.78, 5) is 38.1. The van der Waals surface area contributed by atoms with Gasteiger partial charge >= 0.3 is 5.97 Å². The maximum absolute atomic E-state index is 14.0. The minimum absolute atomic E-state index is 0.0740. The molecule has 1 unspecified atom stereocenters. The van der Waals surface area contributed by atoms with Gasteiger partial charge in [0.1, 0.15) is 13.1 Å². The Hall–Kier alpha value is -4.55. The lowest BCUT2D eigenvalue weighted by atomic mass is 9.77. The van der Waals surface area contributed by atoms with E-state index in [4.69, 9.17) is 5.11 Å². The zero-order chi connectivity index (χ0) is 34.3. The van der Waals surface area contributed by atoms with Gasteiger partial charge in [-0.3, -0.25) is 14.4 Å². The molecule has 1 atom stereocenters. The zero-order valence-corrected chi connectivity index (χ0v) is 28.0. The van der Waals surface area contributed by atoms with Crippen LogP contribution in [0, 0.1) is 0 Å². The molecular formula is C35H40N4O7S. The number of carbonyl (C=O) groups is 3. The summed E-state index contributed by atoms with van der Waals surface area (Å²) in [5.41, 5.74) is 5.41. The van der Waals surface area contributed by atoms with Crippen LogP contribution >= 0.6 is 0 Å². The molecule has 5 rings (SSSR count). The summed E-state index contributed by atoms with van der Waals surface area (Å²) in [6.07, 6.45) is 4.07. The first kappa shape index (κ1) is 33.8. The van der Waals surface area contributed by atoms with E-state index in [1.165, 1.54) is 0 Å². The van der Waals surface area contributed by atoms with Gasteiger partial charge in [-0.25, -0.2) is 8.42 Å². The van der Waals surface area contributed by atoms with Crippen molar-refractivity contribution in [3.05, 3.63) is 94.4 Å². The highest BCUT2D eigenvalue weighted by molar-refractivity contribution is 7.85. The van der Waals surface area contributed by atoms with Crippen molar-refractivity contribution >= 4 is 44.9 Å². The van der Waals surface area contributed by atoms with Gasteiger partial charge in [0.25, 0.3) is 0 Å². The van der Waals surface area contributed by atoms with E-state index in [9.17, 15) is 27.4 Å². The molecule has 2 aromatic rings. The number of aliphatic carboxylic acids is 1. The Labute approximate surface area is 274 Å². The zero-order valence-electron chi connectivity index (χ0n) is 27.1. The second kappa shape index (κ2) is 12.6. The van der Waals surface area contributed by atoms with Crippen molar-refractivity contribution in [3.8, 4) is 0 Å². The first-order chi connectivity index (χ1) is 22.0. The Balaban J connectivity index is 1.56. The molecule has 2 heterocycles. The molecule has 0 bridgehead atoms. The normalized spacial score (nSPS) is 20.1. The number of anilines is 1. The number of hydrogen-bond donors (Lipinski definition) is 4. The molecule has 11 nitrogen and oxygen atoms in total. The number of para-hydroxylation sites is 2. The van der Waals surface area contributed by atoms with Crippen molar-refractivity contribution in [2.75, 3.05) is 24.7 Å². The van der Waals surface area contributed by atoms with Crippen LogP contribution in [-0.2, 0) is 35.3 Å². The van der Waals surface area contributed by atoms with Crippen molar-refractivity contribution in [2.24, 2.45) is 0 Å². The lowest BCUT2D eigenvalue weighted by Crippen LogP contribution is -2.50. The molecular weight excluding hydrogens is 620 g/mol. The third kappa shape index (κ3) is 6.66. The second-order valence-corrected chi connectivity index (χ2v) is 14.6. The molecule has 2 aromatic carbocycles. The highest BCUT2D eigenvalue weighted by Gasteiger charge is 2.46. The van der Waals surface area contributed by atoms with E-state index < -0.39 is 44.6 Å². The summed E-state index contributed by atoms with van der Waals surface area (Å²) in [5.74, 6) is -3.05. The van der Waals surface area contributed by atoms with E-state index in [1.54, 1.807) is 12.2 Å². The molecule has 0 fully saturated rings. The molecule has 0 spiro atoms. The quantitative estimate of drug-likeness (QED) is 0.115. The number of hydrogen-bond acceptors (Lipinski definition) is 8. The molecule has 2 aliphatic heterocycles. The highest BCUT2D eigenvalue weighted by atomic mass is 32.2. The molecule has 0 saturated carbocycles. The maximum Gasteiger partial charge on any atom is 0.303 e. The van der Waals surface area contributed by atoms with Gasteiger partial charge in [0.05, 0.1) is 32.6 Å². The molecule has 3 aliphatic rings. The van der Waals surface area contributed by atoms with E-state index in [-0.39, 0.29) is 35.6 Å². The number of rotatable bonds is 12. The maximum atomic E-state index is 14.0. The van der Waals surface area contributed by atoms with E-state index >= 15 is 0 Å². The molecule has 248 valence electrons. The number of carboxylic acid groups (broad SMARTS) is 1. The summed E-state index contributed by atoms with van der Waals surface area (Å²) in [6.45, 7) is 8.25. The Morgan fingerprint density at radius 3 is 2.30 bits per heavy atom. The lowest BCUT2D eigenvalue weighted by molar-refractivity contribution is -0.401. The van der Waals surface area contributed by atoms with E-state index in [1.807, 2.05) is 74.0 Å². The Kier molecular flexibility index (Phi) is 9.04. The Morgan fingerprint density at radius 1 is 1.00 bits per heavy atom. The minimum atomic E-state index is -4.88. The summed E-state index contributed by atoms with van der Waals surface area (Å²) in [7, 11) is -2.96. The van der Waals surface area contributed by atoms with Crippen LogP contribution in [0.1, 0.15) is 58.1 Å². The third-order valence-corrected chi connectivity index (χ3v) is 9.95. The van der Waals surface area contributed by atoms with Crippen LogP contribution in [0.2, 0.25) is 0 Å². The molecule has 12 heteroatoms. The summed E-state index contributed by atoms with van der Waals surface area (Å²) in [5, 5.41) is 17.8. The van der Waals surface area contributed by atoms with Gasteiger partial charge in [-0.15, -0.1) is 0 Å². The van der Waals surface area contributed by atoms with Crippen LogP contribution in [0.4, 0.5) is 11.4 Å². The van der Waals surface area contributed by atoms with Gasteiger partial charge in [0, 0.05) is 53.0 Å². The summed E-state index contributed by atoms with van der Waals surface area (Å²) < 4.78 is 37.9. The van der Waals surface area contributed by atoms with E-state index in [0.717, 1.165) is 33.9 Å². The smallest absolute Gasteiger partial charge is 0.303 e. The number of nitrogens with zero attached hydrogens (tertiary/aromatic N) is 1. The number of amides is 1. The van der Waals surface area contributed by atoms with Crippen LogP contribution in [0.15, 0.2) is 83.2 Å². The Bertz CT molecular complexity index is 1900. The van der Waals surface area contributed by atoms with E-state index in [0.29, 0.717) is 12.8 Å². The average Bonchev–Trinajstić information content (AvgIpc) is 3.37. The number of nitrogens with one attached hydrogen (secondary N) is 3. The predicted molar refractivity (Wildman–Crippen MR) is 178 cm³/mol. The fourth-order valence-corrected chi connectivity index (χ4v) is 7.17. The number of carbonyl (C=O) groups excluding carboxylic acids is 2. The molecule has 1 aliphatic carbocycles. The first-order valence-corrected chi connectivity index (χ1v) is 17.1. The van der Waals surface area contributed by atoms with Crippen LogP contribution < -0.4 is 16.0 Å². The van der Waals surface area contributed by atoms with Crippen LogP contribution in [0.25, 0.3) is 0 Å². The van der Waals surface area contributed by atoms with Gasteiger partial charge in [-0.1, -0.05) is 50.2 Å². The number of ketones is 1. The van der Waals surface area contributed by atoms with Crippen molar-refractivity contribution in [3.63, 3.8) is 0 Å². The Morgan fingerprint density at radius 2 is 1.66 bits per heavy atom. The monoisotopic (exact) mass is 660 g/mol. The summed E-state index contributed by atoms with van der Waals surface area (Å²) in [6, 6.07) is 14.2. The first-order valence-electron chi connectivity index (χ1n) is 15.5. The number of unbranched alkanes of at least 4 members (excludes halogenated alkanes) is 1. The average molecular weight is 661 g/mol. The van der Waals surface area contributed by atoms with Crippen LogP contribution in [0.3, 0.4) is 0 Å². The fraction of sp³-hybridized carbons (Fsp3) is 0.371. The molecule has 0 aromatic heterocycles. The van der Waals surface area contributed by atoms with Gasteiger partial charge in [-0.2, -0.15) is 4.58 Å². The van der Waals surface area contributed by atoms with Crippen molar-refractivity contribution < 1.29 is 37.0 Å². The molecule has 4 N–H and O–H groups in total. The van der Waals surface area contributed by atoms with Gasteiger partial charge in [0.2, 0.25) is 11.6 Å². The number of allylic oxidation sites excluding steroid dienone is 5. The van der Waals surface area contributed by atoms with Gasteiger partial charge in [0.15, 0.2) is 11.5 Å². The number of benzene rings is 2. The third-order valence-electron chi connectivity index (χ3n) is 9.20. The largest absolute Gasteiger partial charge is 0.748 e. The minimum Gasteiger partial charge on any atom is -0.748 e. The van der Waals surface area contributed by atoms with Crippen LogP contribution in [-0.4, -0.2) is 71.4 Å².